The van der Waals surface area contributed by atoms with Crippen LogP contribution in [0.3, 0.4) is 0 Å². The number of ether oxygens (including phenoxy) is 2. The fourth-order valence-corrected chi connectivity index (χ4v) is 2.16. The summed E-state index contributed by atoms with van der Waals surface area (Å²) in [5.41, 5.74) is 0.663. The lowest BCUT2D eigenvalue weighted by molar-refractivity contribution is -0.115. The van der Waals surface area contributed by atoms with Gasteiger partial charge >= 0.3 is 0 Å². The quantitative estimate of drug-likeness (QED) is 0.751. The fourth-order valence-electron chi connectivity index (χ4n) is 2.16. The van der Waals surface area contributed by atoms with Gasteiger partial charge in [-0.2, -0.15) is 0 Å². The van der Waals surface area contributed by atoms with E-state index >= 15 is 0 Å². The lowest BCUT2D eigenvalue weighted by Crippen LogP contribution is -2.46. The predicted molar refractivity (Wildman–Crippen MR) is 63.4 cm³/mol. The van der Waals surface area contributed by atoms with Crippen molar-refractivity contribution in [1.29, 1.82) is 0 Å². The number of benzene rings is 1. The van der Waals surface area contributed by atoms with E-state index < -0.39 is 5.79 Å². The Morgan fingerprint density at radius 3 is 2.78 bits per heavy atom. The van der Waals surface area contributed by atoms with E-state index in [0.717, 1.165) is 0 Å². The molecule has 0 N–H and O–H groups in total. The molecule has 18 heavy (non-hydrogen) atoms. The van der Waals surface area contributed by atoms with Crippen molar-refractivity contribution < 1.29 is 19.1 Å². The van der Waals surface area contributed by atoms with Gasteiger partial charge in [0.05, 0.1) is 11.1 Å². The molecule has 0 fully saturated rings. The van der Waals surface area contributed by atoms with Gasteiger partial charge in [0.15, 0.2) is 11.6 Å². The van der Waals surface area contributed by atoms with Crippen LogP contribution in [0.2, 0.25) is 0 Å². The Balaban J connectivity index is 2.23. The lowest BCUT2D eigenvalue weighted by atomic mass is 9.88. The summed E-state index contributed by atoms with van der Waals surface area (Å²) in [5.74, 6) is -1.30. The zero-order valence-electron chi connectivity index (χ0n) is 9.67. The van der Waals surface area contributed by atoms with Crippen LogP contribution in [0.15, 0.2) is 48.1 Å². The van der Waals surface area contributed by atoms with Crippen LogP contribution in [0.1, 0.15) is 10.4 Å². The maximum atomic E-state index is 12.3. The van der Waals surface area contributed by atoms with Gasteiger partial charge in [-0.25, -0.2) is 0 Å². The number of carbonyl (C=O) groups excluding carboxylic acids is 2. The molecule has 2 aliphatic rings. The molecule has 1 unspecified atom stereocenters. The smallest absolute Gasteiger partial charge is 0.261 e. The van der Waals surface area contributed by atoms with E-state index in [1.807, 2.05) is 0 Å². The molecule has 1 atom stereocenters. The fraction of sp³-hybridized carbons (Fsp3) is 0.143. The number of allylic oxidation sites excluding steroid dienone is 2. The average Bonchev–Trinajstić information content (AvgIpc) is 2.40. The summed E-state index contributed by atoms with van der Waals surface area (Å²) in [4.78, 5) is 23.8. The van der Waals surface area contributed by atoms with Gasteiger partial charge in [-0.1, -0.05) is 12.1 Å². The maximum Gasteiger partial charge on any atom is 0.261 e. The van der Waals surface area contributed by atoms with Crippen molar-refractivity contribution >= 4 is 11.6 Å². The van der Waals surface area contributed by atoms with Crippen LogP contribution in [0.25, 0.3) is 0 Å². The molecule has 1 aromatic rings. The minimum Gasteiger partial charge on any atom is -0.453 e. The first-order valence-corrected chi connectivity index (χ1v) is 5.49. The number of hydrogen-bond donors (Lipinski definition) is 0. The highest BCUT2D eigenvalue weighted by Gasteiger charge is 2.45. The first-order chi connectivity index (χ1) is 8.66. The molecule has 0 saturated heterocycles. The molecule has 4 heteroatoms. The Kier molecular flexibility index (Phi) is 2.21. The molecule has 1 aliphatic carbocycles. The molecule has 0 aromatic heterocycles. The van der Waals surface area contributed by atoms with Gasteiger partial charge in [0, 0.05) is 7.11 Å². The Labute approximate surface area is 104 Å². The van der Waals surface area contributed by atoms with Gasteiger partial charge in [0.25, 0.3) is 5.79 Å². The number of carbonyl (C=O) groups is 2. The molecule has 90 valence electrons. The molecule has 4 nitrogen and oxygen atoms in total. The maximum absolute atomic E-state index is 12.3. The SMILES string of the molecule is COC12C=CC(=O)C=C1C(=O)c1ccccc1O2. The summed E-state index contributed by atoms with van der Waals surface area (Å²) < 4.78 is 11.0. The summed E-state index contributed by atoms with van der Waals surface area (Å²) in [5, 5.41) is 0. The number of rotatable bonds is 1. The topological polar surface area (TPSA) is 52.6 Å². The van der Waals surface area contributed by atoms with Gasteiger partial charge in [0.2, 0.25) is 0 Å². The monoisotopic (exact) mass is 242 g/mol. The van der Waals surface area contributed by atoms with E-state index in [4.69, 9.17) is 9.47 Å². The molecule has 0 saturated carbocycles. The third kappa shape index (κ3) is 1.36. The van der Waals surface area contributed by atoms with Crippen LogP contribution >= 0.6 is 0 Å². The van der Waals surface area contributed by atoms with Gasteiger partial charge < -0.3 is 9.47 Å². The normalized spacial score (nSPS) is 25.1. The second-order valence-corrected chi connectivity index (χ2v) is 4.09. The second-order valence-electron chi connectivity index (χ2n) is 4.09. The van der Waals surface area contributed by atoms with Crippen molar-refractivity contribution in [3.8, 4) is 5.75 Å². The summed E-state index contributed by atoms with van der Waals surface area (Å²) in [7, 11) is 1.44. The zero-order valence-corrected chi connectivity index (χ0v) is 9.67. The number of para-hydroxylation sites is 1. The van der Waals surface area contributed by atoms with E-state index in [9.17, 15) is 9.59 Å². The largest absolute Gasteiger partial charge is 0.453 e. The third-order valence-electron chi connectivity index (χ3n) is 3.07. The van der Waals surface area contributed by atoms with Gasteiger partial charge in [0.1, 0.15) is 5.75 Å². The zero-order chi connectivity index (χ0) is 12.8. The van der Waals surface area contributed by atoms with Crippen molar-refractivity contribution in [3.05, 3.63) is 53.6 Å². The van der Waals surface area contributed by atoms with E-state index in [1.54, 1.807) is 24.3 Å². The van der Waals surface area contributed by atoms with E-state index in [1.165, 1.54) is 25.3 Å². The molecular formula is C14H10O4. The van der Waals surface area contributed by atoms with E-state index in [2.05, 4.69) is 0 Å². The molecular weight excluding hydrogens is 232 g/mol. The van der Waals surface area contributed by atoms with Crippen molar-refractivity contribution in [2.24, 2.45) is 0 Å². The van der Waals surface area contributed by atoms with Crippen LogP contribution in [0, 0.1) is 0 Å². The number of hydrogen-bond acceptors (Lipinski definition) is 4. The Bertz CT molecular complexity index is 612. The Hall–Kier alpha value is -2.20. The molecule has 0 spiro atoms. The molecule has 1 aromatic carbocycles. The average molecular weight is 242 g/mol. The van der Waals surface area contributed by atoms with Crippen LogP contribution in [-0.2, 0) is 9.53 Å². The number of ketones is 2. The summed E-state index contributed by atoms with van der Waals surface area (Å²) in [6, 6.07) is 6.90. The molecule has 1 aliphatic heterocycles. The third-order valence-corrected chi connectivity index (χ3v) is 3.07. The van der Waals surface area contributed by atoms with Crippen LogP contribution in [0.5, 0.6) is 5.75 Å². The van der Waals surface area contributed by atoms with E-state index in [-0.39, 0.29) is 17.1 Å². The lowest BCUT2D eigenvalue weighted by Gasteiger charge is -2.37. The van der Waals surface area contributed by atoms with Gasteiger partial charge in [-0.3, -0.25) is 9.59 Å². The molecule has 0 amide bonds. The summed E-state index contributed by atoms with van der Waals surface area (Å²) in [6.07, 6.45) is 4.08. The van der Waals surface area contributed by atoms with Crippen LogP contribution in [0.4, 0.5) is 0 Å². The minimum atomic E-state index is -1.28. The van der Waals surface area contributed by atoms with Crippen molar-refractivity contribution in [1.82, 2.24) is 0 Å². The summed E-state index contributed by atoms with van der Waals surface area (Å²) >= 11 is 0. The van der Waals surface area contributed by atoms with Crippen molar-refractivity contribution in [3.63, 3.8) is 0 Å². The highest BCUT2D eigenvalue weighted by atomic mass is 16.7. The standard InChI is InChI=1S/C14H10O4/c1-17-14-7-6-9(15)8-11(14)13(16)10-4-2-3-5-12(10)18-14/h2-8H,1H3. The molecule has 0 bridgehead atoms. The first-order valence-electron chi connectivity index (χ1n) is 5.49. The summed E-state index contributed by atoms with van der Waals surface area (Å²) in [6.45, 7) is 0. The van der Waals surface area contributed by atoms with Gasteiger partial charge in [-0.05, 0) is 30.4 Å². The number of Topliss-reactive ketones (excluding diaryl/α,β-unsaturated/α-hetero) is 1. The Morgan fingerprint density at radius 1 is 1.22 bits per heavy atom. The van der Waals surface area contributed by atoms with Gasteiger partial charge in [-0.15, -0.1) is 0 Å². The van der Waals surface area contributed by atoms with Crippen LogP contribution in [-0.4, -0.2) is 24.5 Å². The molecule has 0 radical (unpaired) electrons. The Morgan fingerprint density at radius 2 is 2.00 bits per heavy atom. The number of fused-ring (bicyclic) bond motifs is 2. The van der Waals surface area contributed by atoms with Crippen molar-refractivity contribution in [2.75, 3.05) is 7.11 Å². The number of methoxy groups -OCH3 is 1. The predicted octanol–water partition coefficient (Wildman–Crippen LogP) is 1.67. The minimum absolute atomic E-state index is 0.219. The molecule has 1 heterocycles. The highest BCUT2D eigenvalue weighted by Crippen LogP contribution is 2.39. The van der Waals surface area contributed by atoms with Crippen LogP contribution < -0.4 is 4.74 Å². The second kappa shape index (κ2) is 3.65. The van der Waals surface area contributed by atoms with Crippen molar-refractivity contribution in [2.45, 2.75) is 5.79 Å². The molecule has 3 rings (SSSR count). The van der Waals surface area contributed by atoms with E-state index in [0.29, 0.717) is 11.3 Å². The highest BCUT2D eigenvalue weighted by molar-refractivity contribution is 6.18. The first kappa shape index (κ1) is 10.9.